The molecule has 1 unspecified atom stereocenters. The second-order valence-corrected chi connectivity index (χ2v) is 8.39. The first-order valence-electron chi connectivity index (χ1n) is 9.02. The Hall–Kier alpha value is -3.26. The highest BCUT2D eigenvalue weighted by Crippen LogP contribution is 2.23. The molecule has 0 aliphatic rings. The summed E-state index contributed by atoms with van der Waals surface area (Å²) < 4.78 is 53.6. The van der Waals surface area contributed by atoms with Crippen molar-refractivity contribution in [3.63, 3.8) is 0 Å². The summed E-state index contributed by atoms with van der Waals surface area (Å²) in [6.45, 7) is 1.57. The van der Waals surface area contributed by atoms with E-state index >= 15 is 0 Å². The lowest BCUT2D eigenvalue weighted by molar-refractivity contribution is -0.122. The van der Waals surface area contributed by atoms with Crippen molar-refractivity contribution in [2.75, 3.05) is 5.32 Å². The van der Waals surface area contributed by atoms with E-state index in [2.05, 4.69) is 5.32 Å². The summed E-state index contributed by atoms with van der Waals surface area (Å²) in [5, 5.41) is 2.56. The maximum absolute atomic E-state index is 12.6. The normalized spacial score (nSPS) is 12.4. The summed E-state index contributed by atoms with van der Waals surface area (Å²) in [5.41, 5.74) is 2.34. The SMILES string of the molecule is CC(Oc1ccc(-c2ccccc2)cc1)C(=O)Nc1ccc(S(=O)(=O)C(F)F)cc1. The van der Waals surface area contributed by atoms with Crippen LogP contribution in [0.15, 0.2) is 83.8 Å². The van der Waals surface area contributed by atoms with Gasteiger partial charge in [0.25, 0.3) is 5.91 Å². The number of anilines is 1. The number of carbonyl (C=O) groups is 1. The average Bonchev–Trinajstić information content (AvgIpc) is 2.75. The maximum Gasteiger partial charge on any atom is 0.341 e. The van der Waals surface area contributed by atoms with Crippen LogP contribution in [0.5, 0.6) is 5.75 Å². The van der Waals surface area contributed by atoms with Gasteiger partial charge < -0.3 is 10.1 Å². The van der Waals surface area contributed by atoms with Crippen LogP contribution < -0.4 is 10.1 Å². The summed E-state index contributed by atoms with van der Waals surface area (Å²) >= 11 is 0. The van der Waals surface area contributed by atoms with Crippen molar-refractivity contribution >= 4 is 21.4 Å². The topological polar surface area (TPSA) is 72.5 Å². The van der Waals surface area contributed by atoms with E-state index in [9.17, 15) is 22.0 Å². The lowest BCUT2D eigenvalue weighted by Gasteiger charge is -2.15. The number of nitrogens with one attached hydrogen (secondary N) is 1. The van der Waals surface area contributed by atoms with Gasteiger partial charge in [-0.25, -0.2) is 8.42 Å². The van der Waals surface area contributed by atoms with Crippen LogP contribution in [0, 0.1) is 0 Å². The molecule has 0 radical (unpaired) electrons. The molecular weight excluding hydrogens is 412 g/mol. The molecule has 3 aromatic carbocycles. The van der Waals surface area contributed by atoms with Gasteiger partial charge in [0, 0.05) is 5.69 Å². The zero-order valence-corrected chi connectivity index (χ0v) is 16.8. The van der Waals surface area contributed by atoms with Gasteiger partial charge in [-0.15, -0.1) is 0 Å². The highest BCUT2D eigenvalue weighted by molar-refractivity contribution is 7.91. The van der Waals surface area contributed by atoms with Gasteiger partial charge in [0.2, 0.25) is 9.84 Å². The van der Waals surface area contributed by atoms with Crippen molar-refractivity contribution in [1.29, 1.82) is 0 Å². The summed E-state index contributed by atoms with van der Waals surface area (Å²) in [4.78, 5) is 11.8. The van der Waals surface area contributed by atoms with E-state index in [4.69, 9.17) is 4.74 Å². The molecule has 0 aliphatic heterocycles. The van der Waals surface area contributed by atoms with Crippen molar-refractivity contribution in [2.45, 2.75) is 23.7 Å². The second kappa shape index (κ2) is 9.04. The summed E-state index contributed by atoms with van der Waals surface area (Å²) in [7, 11) is -4.67. The molecule has 3 rings (SSSR count). The summed E-state index contributed by atoms with van der Waals surface area (Å²) in [5.74, 6) is -3.46. The van der Waals surface area contributed by atoms with Crippen LogP contribution in [0.1, 0.15) is 6.92 Å². The lowest BCUT2D eigenvalue weighted by atomic mass is 10.1. The number of benzene rings is 3. The molecule has 30 heavy (non-hydrogen) atoms. The second-order valence-electron chi connectivity index (χ2n) is 6.47. The Morgan fingerprint density at radius 1 is 0.867 bits per heavy atom. The molecular formula is C22H19F2NO4S. The molecule has 0 fully saturated rings. The van der Waals surface area contributed by atoms with Crippen LogP contribution in [0.25, 0.3) is 11.1 Å². The average molecular weight is 431 g/mol. The zero-order valence-electron chi connectivity index (χ0n) is 16.0. The van der Waals surface area contributed by atoms with Crippen molar-refractivity contribution in [2.24, 2.45) is 0 Å². The van der Waals surface area contributed by atoms with Gasteiger partial charge >= 0.3 is 5.76 Å². The zero-order chi connectivity index (χ0) is 21.7. The number of alkyl halides is 2. The smallest absolute Gasteiger partial charge is 0.341 e. The molecule has 0 aromatic heterocycles. The standard InChI is InChI=1S/C22H19F2NO4S/c1-15(29-19-11-7-17(8-12-19)16-5-3-2-4-6-16)21(26)25-18-9-13-20(14-10-18)30(27,28)22(23)24/h2-15,22H,1H3,(H,25,26). The van der Waals surface area contributed by atoms with Gasteiger partial charge in [0.05, 0.1) is 4.90 Å². The Labute approximate surface area is 173 Å². The van der Waals surface area contributed by atoms with Gasteiger partial charge in [-0.05, 0) is 54.4 Å². The van der Waals surface area contributed by atoms with Crippen LogP contribution in [0.2, 0.25) is 0 Å². The fraction of sp³-hybridized carbons (Fsp3) is 0.136. The van der Waals surface area contributed by atoms with Crippen molar-refractivity contribution in [3.8, 4) is 16.9 Å². The van der Waals surface area contributed by atoms with E-state index in [1.54, 1.807) is 19.1 Å². The Balaban J connectivity index is 1.61. The molecule has 0 spiro atoms. The van der Waals surface area contributed by atoms with Gasteiger partial charge in [-0.1, -0.05) is 42.5 Å². The van der Waals surface area contributed by atoms with Gasteiger partial charge in [0.1, 0.15) is 5.75 Å². The first-order valence-corrected chi connectivity index (χ1v) is 10.6. The van der Waals surface area contributed by atoms with E-state index in [0.717, 1.165) is 23.3 Å². The quantitative estimate of drug-likeness (QED) is 0.586. The van der Waals surface area contributed by atoms with Crippen LogP contribution >= 0.6 is 0 Å². The monoisotopic (exact) mass is 431 g/mol. The number of ether oxygens (including phenoxy) is 1. The largest absolute Gasteiger partial charge is 0.481 e. The first-order chi connectivity index (χ1) is 14.3. The highest BCUT2D eigenvalue weighted by Gasteiger charge is 2.26. The third-order valence-electron chi connectivity index (χ3n) is 4.33. The number of rotatable bonds is 7. The number of hydrogen-bond donors (Lipinski definition) is 1. The Kier molecular flexibility index (Phi) is 6.47. The fourth-order valence-corrected chi connectivity index (χ4v) is 3.41. The number of halogens is 2. The molecule has 3 aromatic rings. The van der Waals surface area contributed by atoms with Crippen LogP contribution in [-0.2, 0) is 14.6 Å². The molecule has 0 saturated carbocycles. The summed E-state index contributed by atoms with van der Waals surface area (Å²) in [6.07, 6.45) is -0.836. The van der Waals surface area contributed by atoms with Gasteiger partial charge in [-0.2, -0.15) is 8.78 Å². The third-order valence-corrected chi connectivity index (χ3v) is 5.73. The summed E-state index contributed by atoms with van der Waals surface area (Å²) in [6, 6.07) is 21.6. The van der Waals surface area contributed by atoms with Crippen molar-refractivity contribution in [1.82, 2.24) is 0 Å². The van der Waals surface area contributed by atoms with Gasteiger partial charge in [-0.3, -0.25) is 4.79 Å². The minimum absolute atomic E-state index is 0.267. The number of carbonyl (C=O) groups excluding carboxylic acids is 1. The number of sulfone groups is 1. The molecule has 156 valence electrons. The minimum Gasteiger partial charge on any atom is -0.481 e. The third kappa shape index (κ3) is 5.01. The molecule has 1 N–H and O–H groups in total. The molecule has 0 aliphatic carbocycles. The molecule has 0 heterocycles. The number of amides is 1. The Morgan fingerprint density at radius 3 is 2.00 bits per heavy atom. The predicted molar refractivity (Wildman–Crippen MR) is 110 cm³/mol. The lowest BCUT2D eigenvalue weighted by Crippen LogP contribution is -2.30. The van der Waals surface area contributed by atoms with E-state index in [1.165, 1.54) is 12.1 Å². The van der Waals surface area contributed by atoms with E-state index in [1.807, 2.05) is 42.5 Å². The Morgan fingerprint density at radius 2 is 1.43 bits per heavy atom. The molecule has 1 amide bonds. The highest BCUT2D eigenvalue weighted by atomic mass is 32.2. The first kappa shape index (κ1) is 21.4. The number of hydrogen-bond acceptors (Lipinski definition) is 4. The van der Waals surface area contributed by atoms with Crippen molar-refractivity contribution in [3.05, 3.63) is 78.9 Å². The van der Waals surface area contributed by atoms with Crippen molar-refractivity contribution < 1.29 is 26.7 Å². The van der Waals surface area contributed by atoms with E-state index in [0.29, 0.717) is 5.75 Å². The van der Waals surface area contributed by atoms with Crippen LogP contribution in [0.3, 0.4) is 0 Å². The molecule has 1 atom stereocenters. The molecule has 5 nitrogen and oxygen atoms in total. The molecule has 0 bridgehead atoms. The maximum atomic E-state index is 12.6. The predicted octanol–water partition coefficient (Wildman–Crippen LogP) is 4.76. The van der Waals surface area contributed by atoms with Crippen LogP contribution in [0.4, 0.5) is 14.5 Å². The fourth-order valence-electron chi connectivity index (χ4n) is 2.69. The molecule has 8 heteroatoms. The molecule has 0 saturated heterocycles. The van der Waals surface area contributed by atoms with E-state index < -0.39 is 32.5 Å². The van der Waals surface area contributed by atoms with Crippen LogP contribution in [-0.4, -0.2) is 26.2 Å². The minimum atomic E-state index is -4.67. The van der Waals surface area contributed by atoms with Gasteiger partial charge in [0.15, 0.2) is 6.10 Å². The van der Waals surface area contributed by atoms with E-state index in [-0.39, 0.29) is 5.69 Å². The Bertz CT molecular complexity index is 1100.